The molecule has 0 N–H and O–H groups in total. The fraction of sp³-hybridized carbons (Fsp3) is 0.545. The minimum absolute atomic E-state index is 0.104. The highest BCUT2D eigenvalue weighted by Gasteiger charge is 2.40. The van der Waals surface area contributed by atoms with Gasteiger partial charge >= 0.3 is 5.69 Å². The summed E-state index contributed by atoms with van der Waals surface area (Å²) in [4.78, 5) is 17.1. The fourth-order valence-corrected chi connectivity index (χ4v) is 3.28. The summed E-state index contributed by atoms with van der Waals surface area (Å²) in [6.45, 7) is 0.917. The number of pyridine rings is 1. The first-order valence-corrected chi connectivity index (χ1v) is 6.51. The lowest BCUT2D eigenvalue weighted by atomic mass is 10.1. The molecule has 0 spiro atoms. The number of hydrogen-bond donors (Lipinski definition) is 0. The third kappa shape index (κ3) is 1.80. The van der Waals surface area contributed by atoms with Crippen molar-refractivity contribution in [3.8, 4) is 0 Å². The minimum atomic E-state index is -0.348. The van der Waals surface area contributed by atoms with Crippen LogP contribution in [0.3, 0.4) is 0 Å². The van der Waals surface area contributed by atoms with Gasteiger partial charge in [-0.05, 0) is 41.1 Å². The zero-order valence-corrected chi connectivity index (χ0v) is 10.8. The Labute approximate surface area is 107 Å². The second-order valence-corrected chi connectivity index (χ2v) is 5.65. The number of aromatic nitrogens is 1. The van der Waals surface area contributed by atoms with E-state index in [1.54, 1.807) is 6.20 Å². The first-order chi connectivity index (χ1) is 8.15. The average Bonchev–Trinajstić information content (AvgIpc) is 2.90. The Morgan fingerprint density at radius 3 is 2.94 bits per heavy atom. The van der Waals surface area contributed by atoms with Gasteiger partial charge in [0.1, 0.15) is 0 Å². The van der Waals surface area contributed by atoms with Crippen LogP contribution in [0.15, 0.2) is 16.7 Å². The van der Waals surface area contributed by atoms with E-state index in [4.69, 9.17) is 0 Å². The fourth-order valence-electron chi connectivity index (χ4n) is 2.96. The summed E-state index contributed by atoms with van der Waals surface area (Å²) in [7, 11) is 0. The van der Waals surface area contributed by atoms with Gasteiger partial charge in [0.25, 0.3) is 0 Å². The highest BCUT2D eigenvalue weighted by molar-refractivity contribution is 9.10. The maximum Gasteiger partial charge on any atom is 0.312 e. The number of nitro groups is 1. The van der Waals surface area contributed by atoms with Crippen LogP contribution in [0.5, 0.6) is 0 Å². The summed E-state index contributed by atoms with van der Waals surface area (Å²) in [5, 5.41) is 11.1. The Hall–Kier alpha value is -1.17. The summed E-state index contributed by atoms with van der Waals surface area (Å²) >= 11 is 3.23. The highest BCUT2D eigenvalue weighted by Crippen LogP contribution is 2.42. The van der Waals surface area contributed by atoms with E-state index in [2.05, 4.69) is 25.8 Å². The lowest BCUT2D eigenvalue weighted by Crippen LogP contribution is -2.33. The first kappa shape index (κ1) is 11.0. The van der Waals surface area contributed by atoms with Crippen LogP contribution in [0.4, 0.5) is 11.5 Å². The number of anilines is 1. The predicted octanol–water partition coefficient (Wildman–Crippen LogP) is 2.74. The van der Waals surface area contributed by atoms with Crippen LogP contribution in [0, 0.1) is 16.0 Å². The second-order valence-electron chi connectivity index (χ2n) is 4.74. The lowest BCUT2D eigenvalue weighted by molar-refractivity contribution is -0.384. The maximum absolute atomic E-state index is 11.1. The number of hydrogen-bond acceptors (Lipinski definition) is 4. The molecular formula is C11H12BrN3O2. The molecule has 1 aliphatic heterocycles. The molecule has 90 valence electrons. The topological polar surface area (TPSA) is 59.3 Å². The van der Waals surface area contributed by atoms with E-state index in [1.165, 1.54) is 12.5 Å². The van der Waals surface area contributed by atoms with Gasteiger partial charge in [0.15, 0.2) is 0 Å². The Bertz CT molecular complexity index is 480. The van der Waals surface area contributed by atoms with Gasteiger partial charge < -0.3 is 4.90 Å². The molecule has 5 nitrogen and oxygen atoms in total. The summed E-state index contributed by atoms with van der Waals surface area (Å²) in [5.41, 5.74) is 0.104. The summed E-state index contributed by atoms with van der Waals surface area (Å²) in [6, 6.07) is 1.99. The molecule has 0 radical (unpaired) electrons. The predicted molar refractivity (Wildman–Crippen MR) is 67.1 cm³/mol. The van der Waals surface area contributed by atoms with Gasteiger partial charge in [0.05, 0.1) is 4.92 Å². The Balaban J connectivity index is 2.00. The van der Waals surface area contributed by atoms with Crippen molar-refractivity contribution in [2.24, 2.45) is 5.92 Å². The van der Waals surface area contributed by atoms with Crippen molar-refractivity contribution in [1.29, 1.82) is 0 Å². The van der Waals surface area contributed by atoms with Crippen LogP contribution in [0.2, 0.25) is 0 Å². The molecular weight excluding hydrogens is 286 g/mol. The molecule has 2 atom stereocenters. The van der Waals surface area contributed by atoms with Gasteiger partial charge in [-0.1, -0.05) is 0 Å². The van der Waals surface area contributed by atoms with Crippen LogP contribution in [0.1, 0.15) is 19.3 Å². The molecule has 1 saturated carbocycles. The molecule has 2 heterocycles. The van der Waals surface area contributed by atoms with Gasteiger partial charge in [-0.2, -0.15) is 0 Å². The number of rotatable bonds is 2. The van der Waals surface area contributed by atoms with E-state index in [-0.39, 0.29) is 10.6 Å². The SMILES string of the molecule is O=[N+]([O-])c1cc(Br)cnc1N1CC2CCC1C2. The van der Waals surface area contributed by atoms with Crippen molar-refractivity contribution in [3.63, 3.8) is 0 Å². The number of piperidine rings is 1. The largest absolute Gasteiger partial charge is 0.348 e. The first-order valence-electron chi connectivity index (χ1n) is 5.71. The molecule has 2 aliphatic rings. The number of halogens is 1. The zero-order chi connectivity index (χ0) is 12.0. The van der Waals surface area contributed by atoms with Gasteiger partial charge in [-0.3, -0.25) is 10.1 Å². The van der Waals surface area contributed by atoms with Crippen molar-refractivity contribution in [3.05, 3.63) is 26.9 Å². The van der Waals surface area contributed by atoms with Gasteiger partial charge in [-0.25, -0.2) is 4.98 Å². The average molecular weight is 298 g/mol. The van der Waals surface area contributed by atoms with E-state index < -0.39 is 0 Å². The quantitative estimate of drug-likeness (QED) is 0.622. The van der Waals surface area contributed by atoms with Crippen LogP contribution in [-0.2, 0) is 0 Å². The molecule has 3 rings (SSSR count). The lowest BCUT2D eigenvalue weighted by Gasteiger charge is -2.27. The number of fused-ring (bicyclic) bond motifs is 2. The standard InChI is InChI=1S/C11H12BrN3O2/c12-8-4-10(15(16)17)11(13-5-8)14-6-7-1-2-9(14)3-7/h4-5,7,9H,1-3,6H2. The van der Waals surface area contributed by atoms with Crippen molar-refractivity contribution in [2.75, 3.05) is 11.4 Å². The normalized spacial score (nSPS) is 26.5. The monoisotopic (exact) mass is 297 g/mol. The molecule has 1 aromatic heterocycles. The van der Waals surface area contributed by atoms with Crippen molar-refractivity contribution < 1.29 is 4.92 Å². The number of nitrogens with zero attached hydrogens (tertiary/aromatic N) is 3. The van der Waals surface area contributed by atoms with E-state index in [0.29, 0.717) is 22.3 Å². The molecule has 2 unspecified atom stereocenters. The van der Waals surface area contributed by atoms with Gasteiger partial charge in [-0.15, -0.1) is 0 Å². The van der Waals surface area contributed by atoms with Crippen molar-refractivity contribution in [1.82, 2.24) is 4.98 Å². The molecule has 6 heteroatoms. The summed E-state index contributed by atoms with van der Waals surface area (Å²) in [6.07, 6.45) is 5.19. The smallest absolute Gasteiger partial charge is 0.312 e. The van der Waals surface area contributed by atoms with E-state index in [0.717, 1.165) is 19.4 Å². The third-order valence-corrected chi connectivity index (χ3v) is 4.13. The van der Waals surface area contributed by atoms with Crippen LogP contribution in [-0.4, -0.2) is 22.5 Å². The zero-order valence-electron chi connectivity index (χ0n) is 9.17. The van der Waals surface area contributed by atoms with Gasteiger partial charge in [0, 0.05) is 29.3 Å². The van der Waals surface area contributed by atoms with Crippen LogP contribution >= 0.6 is 15.9 Å². The summed E-state index contributed by atoms with van der Waals surface area (Å²) < 4.78 is 0.650. The Morgan fingerprint density at radius 1 is 1.53 bits per heavy atom. The van der Waals surface area contributed by atoms with Crippen molar-refractivity contribution in [2.45, 2.75) is 25.3 Å². The van der Waals surface area contributed by atoms with Gasteiger partial charge in [0.2, 0.25) is 5.82 Å². The summed E-state index contributed by atoms with van der Waals surface area (Å²) in [5.74, 6) is 1.23. The molecule has 0 amide bonds. The van der Waals surface area contributed by atoms with E-state index >= 15 is 0 Å². The molecule has 1 saturated heterocycles. The highest BCUT2D eigenvalue weighted by atomic mass is 79.9. The maximum atomic E-state index is 11.1. The molecule has 2 fully saturated rings. The third-order valence-electron chi connectivity index (χ3n) is 3.69. The Kier molecular flexibility index (Phi) is 2.54. The molecule has 1 aliphatic carbocycles. The van der Waals surface area contributed by atoms with Crippen LogP contribution in [0.25, 0.3) is 0 Å². The van der Waals surface area contributed by atoms with Crippen molar-refractivity contribution >= 4 is 27.4 Å². The molecule has 0 aromatic carbocycles. The van der Waals surface area contributed by atoms with E-state index in [9.17, 15) is 10.1 Å². The minimum Gasteiger partial charge on any atom is -0.348 e. The second kappa shape index (κ2) is 3.94. The molecule has 2 bridgehead atoms. The Morgan fingerprint density at radius 2 is 2.35 bits per heavy atom. The van der Waals surface area contributed by atoms with E-state index in [1.807, 2.05) is 0 Å². The molecule has 1 aromatic rings. The van der Waals surface area contributed by atoms with Crippen LogP contribution < -0.4 is 4.90 Å². The molecule has 17 heavy (non-hydrogen) atoms.